The van der Waals surface area contributed by atoms with Crippen molar-refractivity contribution in [1.82, 2.24) is 10.2 Å². The van der Waals surface area contributed by atoms with Crippen molar-refractivity contribution in [2.24, 2.45) is 5.92 Å². The van der Waals surface area contributed by atoms with Gasteiger partial charge in [-0.1, -0.05) is 12.1 Å². The smallest absolute Gasteiger partial charge is 0.227 e. The molecule has 1 aliphatic heterocycles. The topological polar surface area (TPSA) is 58.6 Å². The summed E-state index contributed by atoms with van der Waals surface area (Å²) in [6, 6.07) is 7.47. The number of ether oxygens (including phenoxy) is 1. The third-order valence-corrected chi connectivity index (χ3v) is 3.34. The van der Waals surface area contributed by atoms with Gasteiger partial charge in [-0.3, -0.25) is 9.59 Å². The molecule has 1 fully saturated rings. The maximum Gasteiger partial charge on any atom is 0.227 e. The molecule has 0 radical (unpaired) electrons. The van der Waals surface area contributed by atoms with Crippen molar-refractivity contribution >= 4 is 11.8 Å². The number of nitrogens with one attached hydrogen (secondary N) is 1. The second-order valence-electron chi connectivity index (χ2n) is 4.64. The summed E-state index contributed by atoms with van der Waals surface area (Å²) in [5.41, 5.74) is 0.924. The molecule has 1 aliphatic rings. The summed E-state index contributed by atoms with van der Waals surface area (Å²) in [5, 5.41) is 2.60. The molecule has 0 aromatic heterocycles. The van der Waals surface area contributed by atoms with Crippen LogP contribution in [-0.4, -0.2) is 44.0 Å². The highest BCUT2D eigenvalue weighted by Crippen LogP contribution is 2.18. The third-order valence-electron chi connectivity index (χ3n) is 3.34. The van der Waals surface area contributed by atoms with Crippen molar-refractivity contribution in [3.63, 3.8) is 0 Å². The average molecular weight is 262 g/mol. The van der Waals surface area contributed by atoms with Gasteiger partial charge in [-0.2, -0.15) is 0 Å². The molecule has 0 bridgehead atoms. The van der Waals surface area contributed by atoms with Crippen LogP contribution >= 0.6 is 0 Å². The second kappa shape index (κ2) is 5.73. The van der Waals surface area contributed by atoms with Gasteiger partial charge in [-0.25, -0.2) is 0 Å². The summed E-state index contributed by atoms with van der Waals surface area (Å²) in [7, 11) is 3.22. The van der Waals surface area contributed by atoms with Gasteiger partial charge < -0.3 is 15.0 Å². The molecule has 1 N–H and O–H groups in total. The normalized spacial score (nSPS) is 14.7. The number of benzene rings is 1. The van der Waals surface area contributed by atoms with Gasteiger partial charge in [0.1, 0.15) is 5.75 Å². The maximum absolute atomic E-state index is 12.0. The van der Waals surface area contributed by atoms with E-state index < -0.39 is 0 Å². The van der Waals surface area contributed by atoms with Crippen LogP contribution in [-0.2, 0) is 16.0 Å². The van der Waals surface area contributed by atoms with Crippen molar-refractivity contribution in [3.8, 4) is 5.75 Å². The monoisotopic (exact) mass is 262 g/mol. The first kappa shape index (κ1) is 13.4. The van der Waals surface area contributed by atoms with Crippen molar-refractivity contribution in [2.75, 3.05) is 27.2 Å². The Kier molecular flexibility index (Phi) is 4.04. The van der Waals surface area contributed by atoms with E-state index in [4.69, 9.17) is 4.74 Å². The fraction of sp³-hybridized carbons (Fsp3) is 0.429. The summed E-state index contributed by atoms with van der Waals surface area (Å²) >= 11 is 0. The average Bonchev–Trinajstić information content (AvgIpc) is 2.36. The van der Waals surface area contributed by atoms with E-state index in [-0.39, 0.29) is 17.7 Å². The highest BCUT2D eigenvalue weighted by Gasteiger charge is 2.34. The molecule has 2 rings (SSSR count). The van der Waals surface area contributed by atoms with Crippen LogP contribution in [0.25, 0.3) is 0 Å². The standard InChI is InChI=1S/C14H18N2O3/c1-15-14(18)11-8-16(9-11)13(17)7-10-4-3-5-12(6-10)19-2/h3-6,11H,7-9H2,1-2H3,(H,15,18). The fourth-order valence-electron chi connectivity index (χ4n) is 2.12. The first-order valence-corrected chi connectivity index (χ1v) is 6.26. The zero-order valence-corrected chi connectivity index (χ0v) is 11.2. The van der Waals surface area contributed by atoms with E-state index >= 15 is 0 Å². The number of nitrogens with zero attached hydrogens (tertiary/aromatic N) is 1. The lowest BCUT2D eigenvalue weighted by atomic mass is 9.98. The summed E-state index contributed by atoms with van der Waals surface area (Å²) in [6.07, 6.45) is 0.345. The van der Waals surface area contributed by atoms with E-state index in [1.165, 1.54) is 0 Å². The minimum Gasteiger partial charge on any atom is -0.497 e. The lowest BCUT2D eigenvalue weighted by molar-refractivity contribution is -0.142. The van der Waals surface area contributed by atoms with Gasteiger partial charge in [0.15, 0.2) is 0 Å². The summed E-state index contributed by atoms with van der Waals surface area (Å²) < 4.78 is 5.12. The van der Waals surface area contributed by atoms with Gasteiger partial charge in [0.2, 0.25) is 11.8 Å². The number of carbonyl (C=O) groups excluding carboxylic acids is 2. The minimum absolute atomic E-state index is 0.00503. The van der Waals surface area contributed by atoms with Crippen molar-refractivity contribution in [2.45, 2.75) is 6.42 Å². The number of methoxy groups -OCH3 is 1. The van der Waals surface area contributed by atoms with E-state index in [1.54, 1.807) is 19.1 Å². The molecule has 0 atom stereocenters. The predicted octanol–water partition coefficient (Wildman–Crippen LogP) is 0.442. The molecule has 1 aromatic rings. The third kappa shape index (κ3) is 3.05. The van der Waals surface area contributed by atoms with Gasteiger partial charge in [-0.05, 0) is 17.7 Å². The Bertz CT molecular complexity index is 481. The molecule has 0 spiro atoms. The number of carbonyl (C=O) groups is 2. The van der Waals surface area contributed by atoms with Gasteiger partial charge in [0, 0.05) is 20.1 Å². The van der Waals surface area contributed by atoms with Crippen LogP contribution < -0.4 is 10.1 Å². The molecule has 1 aromatic carbocycles. The van der Waals surface area contributed by atoms with Crippen molar-refractivity contribution in [1.29, 1.82) is 0 Å². The number of rotatable bonds is 4. The Balaban J connectivity index is 1.87. The van der Waals surface area contributed by atoms with Crippen LogP contribution in [0.1, 0.15) is 5.56 Å². The molecule has 0 saturated carbocycles. The molecule has 1 saturated heterocycles. The molecule has 0 aliphatic carbocycles. The van der Waals surface area contributed by atoms with Gasteiger partial charge in [0.05, 0.1) is 19.4 Å². The van der Waals surface area contributed by atoms with Gasteiger partial charge in [-0.15, -0.1) is 0 Å². The molecule has 1 heterocycles. The van der Waals surface area contributed by atoms with E-state index in [1.807, 2.05) is 24.3 Å². The zero-order chi connectivity index (χ0) is 13.8. The largest absolute Gasteiger partial charge is 0.497 e. The Morgan fingerprint density at radius 1 is 1.42 bits per heavy atom. The molecule has 5 nitrogen and oxygen atoms in total. The molecule has 0 unspecified atom stereocenters. The SMILES string of the molecule is CNC(=O)C1CN(C(=O)Cc2cccc(OC)c2)C1. The summed E-state index contributed by atoms with van der Waals surface area (Å²) in [4.78, 5) is 25.1. The predicted molar refractivity (Wildman–Crippen MR) is 70.8 cm³/mol. The van der Waals surface area contributed by atoms with Crippen LogP contribution in [0.3, 0.4) is 0 Å². The second-order valence-corrected chi connectivity index (χ2v) is 4.64. The van der Waals surface area contributed by atoms with Crippen LogP contribution in [0, 0.1) is 5.92 Å². The van der Waals surface area contributed by atoms with Crippen LogP contribution in [0.4, 0.5) is 0 Å². The first-order valence-electron chi connectivity index (χ1n) is 6.26. The Hall–Kier alpha value is -2.04. The Morgan fingerprint density at radius 3 is 2.79 bits per heavy atom. The van der Waals surface area contributed by atoms with Crippen molar-refractivity contribution < 1.29 is 14.3 Å². The quantitative estimate of drug-likeness (QED) is 0.856. The summed E-state index contributed by atoms with van der Waals surface area (Å²) in [6.45, 7) is 1.03. The first-order chi connectivity index (χ1) is 9.13. The highest BCUT2D eigenvalue weighted by molar-refractivity contribution is 5.85. The molecular weight excluding hydrogens is 244 g/mol. The van der Waals surface area contributed by atoms with E-state index in [0.717, 1.165) is 11.3 Å². The Morgan fingerprint density at radius 2 is 2.16 bits per heavy atom. The number of amides is 2. The lowest BCUT2D eigenvalue weighted by Crippen LogP contribution is -2.55. The van der Waals surface area contributed by atoms with E-state index in [9.17, 15) is 9.59 Å². The highest BCUT2D eigenvalue weighted by atomic mass is 16.5. The fourth-order valence-corrected chi connectivity index (χ4v) is 2.12. The zero-order valence-electron chi connectivity index (χ0n) is 11.2. The van der Waals surface area contributed by atoms with Gasteiger partial charge >= 0.3 is 0 Å². The molecular formula is C14H18N2O3. The van der Waals surface area contributed by atoms with E-state index in [0.29, 0.717) is 19.5 Å². The number of hydrogen-bond donors (Lipinski definition) is 1. The number of hydrogen-bond acceptors (Lipinski definition) is 3. The number of likely N-dealkylation sites (tertiary alicyclic amines) is 1. The Labute approximate surface area is 112 Å². The lowest BCUT2D eigenvalue weighted by Gasteiger charge is -2.38. The van der Waals surface area contributed by atoms with Gasteiger partial charge in [0.25, 0.3) is 0 Å². The minimum atomic E-state index is -0.0562. The maximum atomic E-state index is 12.0. The molecule has 2 amide bonds. The van der Waals surface area contributed by atoms with Crippen LogP contribution in [0.15, 0.2) is 24.3 Å². The van der Waals surface area contributed by atoms with Crippen LogP contribution in [0.2, 0.25) is 0 Å². The van der Waals surface area contributed by atoms with Crippen LogP contribution in [0.5, 0.6) is 5.75 Å². The van der Waals surface area contributed by atoms with E-state index in [2.05, 4.69) is 5.32 Å². The van der Waals surface area contributed by atoms with Crippen molar-refractivity contribution in [3.05, 3.63) is 29.8 Å². The summed E-state index contributed by atoms with van der Waals surface area (Å²) in [5.74, 6) is 0.746. The molecule has 102 valence electrons. The molecule has 5 heteroatoms. The molecule has 19 heavy (non-hydrogen) atoms.